The van der Waals surface area contributed by atoms with Gasteiger partial charge in [0, 0.05) is 6.54 Å². The molecule has 1 heterocycles. The third kappa shape index (κ3) is 5.12. The molecule has 1 unspecified atom stereocenters. The molecule has 1 atom stereocenters. The molecule has 4 N–H and O–H groups in total. The van der Waals surface area contributed by atoms with Crippen molar-refractivity contribution in [3.8, 4) is 0 Å². The number of aromatic nitrogens is 1. The maximum atomic E-state index is 12.9. The van der Waals surface area contributed by atoms with Crippen molar-refractivity contribution in [2.75, 3.05) is 16.4 Å². The van der Waals surface area contributed by atoms with Gasteiger partial charge in [0.05, 0.1) is 5.69 Å². The highest BCUT2D eigenvalue weighted by atomic mass is 19.1. The summed E-state index contributed by atoms with van der Waals surface area (Å²) in [5, 5.41) is 5.65. The lowest BCUT2D eigenvalue weighted by Crippen LogP contribution is -2.20. The zero-order chi connectivity index (χ0) is 17.5. The van der Waals surface area contributed by atoms with Gasteiger partial charge >= 0.3 is 6.09 Å². The number of hydrogen-bond donors (Lipinski definition) is 3. The third-order valence-corrected chi connectivity index (χ3v) is 3.43. The molecular weight excluding hydrogens is 311 g/mol. The summed E-state index contributed by atoms with van der Waals surface area (Å²) in [6, 6.07) is 9.51. The average molecular weight is 332 g/mol. The number of carbonyl (C=O) groups excluding carboxylic acids is 1. The van der Waals surface area contributed by atoms with Crippen molar-refractivity contribution in [3.05, 3.63) is 47.8 Å². The van der Waals surface area contributed by atoms with Crippen molar-refractivity contribution in [2.24, 2.45) is 0 Å². The first-order valence-corrected chi connectivity index (χ1v) is 7.70. The molecule has 128 valence electrons. The summed E-state index contributed by atoms with van der Waals surface area (Å²) in [4.78, 5) is 15.9. The van der Waals surface area contributed by atoms with Crippen LogP contribution in [0.5, 0.6) is 0 Å². The summed E-state index contributed by atoms with van der Waals surface area (Å²) >= 11 is 0. The zero-order valence-electron chi connectivity index (χ0n) is 13.7. The Kier molecular flexibility index (Phi) is 5.95. The van der Waals surface area contributed by atoms with Crippen molar-refractivity contribution in [2.45, 2.75) is 32.9 Å². The summed E-state index contributed by atoms with van der Waals surface area (Å²) in [5.74, 6) is 0.457. The smallest absolute Gasteiger partial charge is 0.411 e. The number of rotatable bonds is 6. The van der Waals surface area contributed by atoms with Crippen molar-refractivity contribution in [3.63, 3.8) is 0 Å². The molecular formula is C17H21FN4O2. The van der Waals surface area contributed by atoms with E-state index in [1.807, 2.05) is 13.8 Å². The molecule has 0 radical (unpaired) electrons. The van der Waals surface area contributed by atoms with Crippen LogP contribution in [0.1, 0.15) is 25.8 Å². The van der Waals surface area contributed by atoms with Gasteiger partial charge in [-0.15, -0.1) is 0 Å². The Balaban J connectivity index is 1.93. The van der Waals surface area contributed by atoms with Gasteiger partial charge in [-0.1, -0.05) is 19.1 Å². The van der Waals surface area contributed by atoms with Crippen molar-refractivity contribution in [1.82, 2.24) is 4.98 Å². The molecule has 2 aromatic rings. The number of hydrogen-bond acceptors (Lipinski definition) is 5. The van der Waals surface area contributed by atoms with E-state index in [4.69, 9.17) is 10.5 Å². The van der Waals surface area contributed by atoms with Crippen LogP contribution >= 0.6 is 0 Å². The quantitative estimate of drug-likeness (QED) is 0.749. The first-order chi connectivity index (χ1) is 11.5. The largest absolute Gasteiger partial charge is 0.446 e. The topological polar surface area (TPSA) is 89.3 Å². The minimum absolute atomic E-state index is 0.171. The fourth-order valence-corrected chi connectivity index (χ4v) is 1.88. The number of ether oxygens (including phenoxy) is 1. The lowest BCUT2D eigenvalue weighted by Gasteiger charge is -2.13. The number of nitrogen functional groups attached to an aromatic ring is 1. The molecule has 2 rings (SSSR count). The maximum absolute atomic E-state index is 12.9. The predicted molar refractivity (Wildman–Crippen MR) is 92.2 cm³/mol. The van der Waals surface area contributed by atoms with Gasteiger partial charge in [-0.25, -0.2) is 14.2 Å². The Bertz CT molecular complexity index is 691. The number of nitrogens with one attached hydrogen (secondary N) is 2. The summed E-state index contributed by atoms with van der Waals surface area (Å²) < 4.78 is 18.0. The van der Waals surface area contributed by atoms with Crippen LogP contribution in [-0.4, -0.2) is 17.2 Å². The Labute approximate surface area is 140 Å². The maximum Gasteiger partial charge on any atom is 0.411 e. The fourth-order valence-electron chi connectivity index (χ4n) is 1.88. The molecule has 0 aliphatic rings. The second kappa shape index (κ2) is 8.14. The number of pyridine rings is 1. The van der Waals surface area contributed by atoms with E-state index in [2.05, 4.69) is 15.6 Å². The number of amides is 1. The van der Waals surface area contributed by atoms with Gasteiger partial charge in [0.25, 0.3) is 0 Å². The van der Waals surface area contributed by atoms with Gasteiger partial charge in [-0.05, 0) is 43.2 Å². The lowest BCUT2D eigenvalue weighted by atomic mass is 10.2. The lowest BCUT2D eigenvalue weighted by molar-refractivity contribution is 0.118. The van der Waals surface area contributed by atoms with Gasteiger partial charge in [-0.2, -0.15) is 0 Å². The molecule has 1 aromatic carbocycles. The summed E-state index contributed by atoms with van der Waals surface area (Å²) in [6.07, 6.45) is -0.00590. The van der Waals surface area contributed by atoms with Crippen molar-refractivity contribution >= 4 is 23.4 Å². The summed E-state index contributed by atoms with van der Waals surface area (Å²) in [5.41, 5.74) is 7.15. The Morgan fingerprint density at radius 3 is 2.62 bits per heavy atom. The SMILES string of the molecule is CCC(C)OC(=O)Nc1ccc(NCc2ccc(F)cc2)nc1N. The van der Waals surface area contributed by atoms with E-state index in [0.717, 1.165) is 12.0 Å². The molecule has 0 aliphatic heterocycles. The Morgan fingerprint density at radius 1 is 1.29 bits per heavy atom. The molecule has 7 heteroatoms. The molecule has 0 bridgehead atoms. The highest BCUT2D eigenvalue weighted by Gasteiger charge is 2.10. The Morgan fingerprint density at radius 2 is 2.00 bits per heavy atom. The van der Waals surface area contributed by atoms with E-state index in [-0.39, 0.29) is 17.7 Å². The number of benzene rings is 1. The van der Waals surface area contributed by atoms with E-state index in [9.17, 15) is 9.18 Å². The van der Waals surface area contributed by atoms with Crippen LogP contribution in [0.25, 0.3) is 0 Å². The number of anilines is 3. The molecule has 0 aliphatic carbocycles. The van der Waals surface area contributed by atoms with Gasteiger partial charge in [0.15, 0.2) is 0 Å². The molecule has 1 aromatic heterocycles. The molecule has 24 heavy (non-hydrogen) atoms. The number of carbonyl (C=O) groups is 1. The number of halogens is 1. The number of nitrogens with zero attached hydrogens (tertiary/aromatic N) is 1. The van der Waals surface area contributed by atoms with Crippen molar-refractivity contribution in [1.29, 1.82) is 0 Å². The van der Waals surface area contributed by atoms with Gasteiger partial charge in [0.1, 0.15) is 23.6 Å². The standard InChI is InChI=1S/C17H21FN4O2/c1-3-11(2)24-17(23)21-14-8-9-15(22-16(14)19)20-10-12-4-6-13(18)7-5-12/h4-9,11H,3,10H2,1-2H3,(H,21,23)(H3,19,20,22). The summed E-state index contributed by atoms with van der Waals surface area (Å²) in [6.45, 7) is 4.22. The van der Waals surface area contributed by atoms with Crippen LogP contribution in [0.15, 0.2) is 36.4 Å². The van der Waals surface area contributed by atoms with E-state index < -0.39 is 6.09 Å². The van der Waals surface area contributed by atoms with Crippen LogP contribution in [0, 0.1) is 5.82 Å². The molecule has 0 saturated carbocycles. The van der Waals surface area contributed by atoms with Gasteiger partial charge in [-0.3, -0.25) is 5.32 Å². The van der Waals surface area contributed by atoms with Crippen molar-refractivity contribution < 1.29 is 13.9 Å². The summed E-state index contributed by atoms with van der Waals surface area (Å²) in [7, 11) is 0. The zero-order valence-corrected chi connectivity index (χ0v) is 13.7. The molecule has 0 spiro atoms. The first-order valence-electron chi connectivity index (χ1n) is 7.70. The first kappa shape index (κ1) is 17.5. The van der Waals surface area contributed by atoms with Crippen LogP contribution < -0.4 is 16.4 Å². The molecule has 6 nitrogen and oxygen atoms in total. The molecule has 0 fully saturated rings. The second-order valence-corrected chi connectivity index (χ2v) is 5.36. The fraction of sp³-hybridized carbons (Fsp3) is 0.294. The van der Waals surface area contributed by atoms with E-state index in [0.29, 0.717) is 18.1 Å². The van der Waals surface area contributed by atoms with E-state index >= 15 is 0 Å². The second-order valence-electron chi connectivity index (χ2n) is 5.36. The van der Waals surface area contributed by atoms with E-state index in [1.54, 1.807) is 24.3 Å². The average Bonchev–Trinajstić information content (AvgIpc) is 2.56. The highest BCUT2D eigenvalue weighted by Crippen LogP contribution is 2.19. The van der Waals surface area contributed by atoms with E-state index in [1.165, 1.54) is 12.1 Å². The highest BCUT2D eigenvalue weighted by molar-refractivity contribution is 5.88. The van der Waals surface area contributed by atoms with Crippen LogP contribution in [0.4, 0.5) is 26.5 Å². The predicted octanol–water partition coefficient (Wildman–Crippen LogP) is 3.76. The normalized spacial score (nSPS) is 11.6. The molecule has 0 saturated heterocycles. The minimum atomic E-state index is -0.565. The van der Waals surface area contributed by atoms with Crippen LogP contribution in [0.2, 0.25) is 0 Å². The Hall–Kier alpha value is -2.83. The van der Waals surface area contributed by atoms with Crippen LogP contribution in [-0.2, 0) is 11.3 Å². The molecule has 1 amide bonds. The number of nitrogens with two attached hydrogens (primary N) is 1. The van der Waals surface area contributed by atoms with Gasteiger partial charge < -0.3 is 15.8 Å². The monoisotopic (exact) mass is 332 g/mol. The minimum Gasteiger partial charge on any atom is -0.446 e. The van der Waals surface area contributed by atoms with Crippen LogP contribution in [0.3, 0.4) is 0 Å². The van der Waals surface area contributed by atoms with Gasteiger partial charge in [0.2, 0.25) is 0 Å². The third-order valence-electron chi connectivity index (χ3n) is 3.43.